The van der Waals surface area contributed by atoms with Crippen molar-refractivity contribution in [3.63, 3.8) is 0 Å². The number of carbonyl (C=O) groups is 2. The first-order valence-electron chi connectivity index (χ1n) is 9.73. The largest absolute Gasteiger partial charge is 0.285 e. The lowest BCUT2D eigenvalue weighted by Gasteiger charge is -2.06. The summed E-state index contributed by atoms with van der Waals surface area (Å²) >= 11 is 0. The zero-order valence-electron chi connectivity index (χ0n) is 16.4. The van der Waals surface area contributed by atoms with Crippen molar-refractivity contribution in [3.05, 3.63) is 126 Å². The molecule has 0 aliphatic carbocycles. The highest BCUT2D eigenvalue weighted by Crippen LogP contribution is 2.22. The quantitative estimate of drug-likeness (QED) is 0.271. The van der Waals surface area contributed by atoms with Gasteiger partial charge in [0, 0.05) is 11.1 Å². The summed E-state index contributed by atoms with van der Waals surface area (Å²) in [5, 5.41) is 0. The second-order valence-electron chi connectivity index (χ2n) is 7.01. The lowest BCUT2D eigenvalue weighted by molar-refractivity contribution is 0.0817. The van der Waals surface area contributed by atoms with E-state index >= 15 is 0 Å². The number of rotatable bonds is 6. The summed E-state index contributed by atoms with van der Waals surface area (Å²) in [6, 6.07) is 32.2. The maximum absolute atomic E-state index is 12.7. The van der Waals surface area contributed by atoms with Gasteiger partial charge in [-0.2, -0.15) is 0 Å². The summed E-state index contributed by atoms with van der Waals surface area (Å²) in [7, 11) is 0. The van der Waals surface area contributed by atoms with Crippen LogP contribution in [0.25, 0.3) is 28.3 Å². The highest BCUT2D eigenvalue weighted by molar-refractivity contribution is 6.49. The van der Waals surface area contributed by atoms with E-state index in [-0.39, 0.29) is 0 Å². The third-order valence-corrected chi connectivity index (χ3v) is 5.09. The Balaban J connectivity index is 1.51. The van der Waals surface area contributed by atoms with Crippen molar-refractivity contribution in [1.82, 2.24) is 0 Å². The van der Waals surface area contributed by atoms with Crippen LogP contribution in [0.2, 0.25) is 0 Å². The minimum atomic E-state index is -0.504. The lowest BCUT2D eigenvalue weighted by Crippen LogP contribution is -2.14. The Bertz CT molecular complexity index is 1180. The Morgan fingerprint density at radius 1 is 0.500 bits per heavy atom. The Kier molecular flexibility index (Phi) is 5.49. The van der Waals surface area contributed by atoms with Gasteiger partial charge in [-0.1, -0.05) is 116 Å². The smallest absolute Gasteiger partial charge is 0.233 e. The van der Waals surface area contributed by atoms with Crippen LogP contribution < -0.4 is 0 Å². The molecule has 0 unspecified atom stereocenters. The van der Waals surface area contributed by atoms with E-state index in [2.05, 4.69) is 6.58 Å². The first kappa shape index (κ1) is 19.3. The number of hydrogen-bond acceptors (Lipinski definition) is 2. The van der Waals surface area contributed by atoms with Crippen LogP contribution in [0.5, 0.6) is 0 Å². The van der Waals surface area contributed by atoms with Gasteiger partial charge >= 0.3 is 0 Å². The minimum Gasteiger partial charge on any atom is -0.285 e. The molecule has 0 amide bonds. The van der Waals surface area contributed by atoms with Crippen molar-refractivity contribution in [2.75, 3.05) is 0 Å². The molecule has 2 heteroatoms. The van der Waals surface area contributed by atoms with E-state index in [9.17, 15) is 9.59 Å². The molecular weight excluding hydrogens is 368 g/mol. The van der Waals surface area contributed by atoms with E-state index in [1.54, 1.807) is 30.3 Å². The summed E-state index contributed by atoms with van der Waals surface area (Å²) in [6.45, 7) is 3.76. The van der Waals surface area contributed by atoms with Gasteiger partial charge in [-0.3, -0.25) is 9.59 Å². The van der Waals surface area contributed by atoms with Crippen molar-refractivity contribution >= 4 is 17.6 Å². The lowest BCUT2D eigenvalue weighted by atomic mass is 9.97. The van der Waals surface area contributed by atoms with E-state index in [1.165, 1.54) is 0 Å². The fourth-order valence-corrected chi connectivity index (χ4v) is 3.33. The van der Waals surface area contributed by atoms with E-state index < -0.39 is 11.6 Å². The molecule has 0 aliphatic heterocycles. The van der Waals surface area contributed by atoms with Crippen LogP contribution in [-0.4, -0.2) is 11.6 Å². The molecule has 0 spiro atoms. The van der Waals surface area contributed by atoms with Gasteiger partial charge in [-0.25, -0.2) is 0 Å². The standard InChI is InChI=1S/C28H20O2/c1-2-20-8-10-22(11-9-20)24-14-18-26(19-15-24)28(30)27(29)25-16-12-23(13-17-25)21-6-4-3-5-7-21/h2-19H,1H2. The molecular formula is C28H20O2. The second kappa shape index (κ2) is 8.54. The first-order chi connectivity index (χ1) is 14.7. The molecule has 0 N–H and O–H groups in total. The highest BCUT2D eigenvalue weighted by atomic mass is 16.2. The van der Waals surface area contributed by atoms with Crippen molar-refractivity contribution in [2.24, 2.45) is 0 Å². The zero-order chi connectivity index (χ0) is 20.9. The Labute approximate surface area is 176 Å². The molecule has 0 saturated carbocycles. The van der Waals surface area contributed by atoms with Crippen LogP contribution in [0.3, 0.4) is 0 Å². The van der Waals surface area contributed by atoms with Crippen LogP contribution >= 0.6 is 0 Å². The minimum absolute atomic E-state index is 0.388. The van der Waals surface area contributed by atoms with Gasteiger partial charge in [-0.05, 0) is 27.8 Å². The third kappa shape index (κ3) is 4.03. The fraction of sp³-hybridized carbons (Fsp3) is 0. The SMILES string of the molecule is C=Cc1ccc(-c2ccc(C(=O)C(=O)c3ccc(-c4ccccc4)cc3)cc2)cc1. The average molecular weight is 388 g/mol. The van der Waals surface area contributed by atoms with Crippen LogP contribution in [0.4, 0.5) is 0 Å². The molecule has 0 radical (unpaired) electrons. The Morgan fingerprint density at radius 3 is 1.27 bits per heavy atom. The fourth-order valence-electron chi connectivity index (χ4n) is 3.33. The number of ketones is 2. The summed E-state index contributed by atoms with van der Waals surface area (Å²) < 4.78 is 0. The first-order valence-corrected chi connectivity index (χ1v) is 9.73. The number of hydrogen-bond donors (Lipinski definition) is 0. The van der Waals surface area contributed by atoms with E-state index in [1.807, 2.05) is 78.9 Å². The topological polar surface area (TPSA) is 34.1 Å². The number of benzene rings is 4. The van der Waals surface area contributed by atoms with Crippen molar-refractivity contribution in [2.45, 2.75) is 0 Å². The molecule has 0 aliphatic rings. The van der Waals surface area contributed by atoms with E-state index in [4.69, 9.17) is 0 Å². The molecule has 0 bridgehead atoms. The van der Waals surface area contributed by atoms with Gasteiger partial charge in [0.05, 0.1) is 0 Å². The molecule has 30 heavy (non-hydrogen) atoms. The molecule has 4 rings (SSSR count). The molecule has 144 valence electrons. The van der Waals surface area contributed by atoms with E-state index in [0.717, 1.165) is 27.8 Å². The summed E-state index contributed by atoms with van der Waals surface area (Å²) in [4.78, 5) is 25.3. The average Bonchev–Trinajstić information content (AvgIpc) is 2.84. The molecule has 0 heterocycles. The van der Waals surface area contributed by atoms with Crippen LogP contribution in [0.1, 0.15) is 26.3 Å². The normalized spacial score (nSPS) is 10.4. The summed E-state index contributed by atoms with van der Waals surface area (Å²) in [5.41, 5.74) is 5.94. The zero-order valence-corrected chi connectivity index (χ0v) is 16.4. The van der Waals surface area contributed by atoms with Crippen molar-refractivity contribution in [1.29, 1.82) is 0 Å². The van der Waals surface area contributed by atoms with Crippen molar-refractivity contribution in [3.8, 4) is 22.3 Å². The number of carbonyl (C=O) groups excluding carboxylic acids is 2. The molecule has 4 aromatic rings. The van der Waals surface area contributed by atoms with Gasteiger partial charge in [0.15, 0.2) is 0 Å². The predicted octanol–water partition coefficient (Wildman–Crippen LogP) is 6.73. The van der Waals surface area contributed by atoms with Crippen molar-refractivity contribution < 1.29 is 9.59 Å². The van der Waals surface area contributed by atoms with Gasteiger partial charge < -0.3 is 0 Å². The monoisotopic (exact) mass is 388 g/mol. The second-order valence-corrected chi connectivity index (χ2v) is 7.01. The Hall–Kier alpha value is -4.04. The molecule has 4 aromatic carbocycles. The summed E-state index contributed by atoms with van der Waals surface area (Å²) in [5.74, 6) is -1.01. The third-order valence-electron chi connectivity index (χ3n) is 5.09. The molecule has 0 atom stereocenters. The molecule has 0 aromatic heterocycles. The highest BCUT2D eigenvalue weighted by Gasteiger charge is 2.18. The van der Waals surface area contributed by atoms with Crippen LogP contribution in [0.15, 0.2) is 110 Å². The molecule has 2 nitrogen and oxygen atoms in total. The maximum atomic E-state index is 12.7. The van der Waals surface area contributed by atoms with Crippen LogP contribution in [-0.2, 0) is 0 Å². The van der Waals surface area contributed by atoms with Gasteiger partial charge in [-0.15, -0.1) is 0 Å². The van der Waals surface area contributed by atoms with Crippen LogP contribution in [0, 0.1) is 0 Å². The van der Waals surface area contributed by atoms with Gasteiger partial charge in [0.1, 0.15) is 0 Å². The predicted molar refractivity (Wildman–Crippen MR) is 123 cm³/mol. The van der Waals surface area contributed by atoms with Gasteiger partial charge in [0.2, 0.25) is 11.6 Å². The van der Waals surface area contributed by atoms with E-state index in [0.29, 0.717) is 11.1 Å². The van der Waals surface area contributed by atoms with Gasteiger partial charge in [0.25, 0.3) is 0 Å². The Morgan fingerprint density at radius 2 is 0.867 bits per heavy atom. The maximum Gasteiger partial charge on any atom is 0.233 e. The number of Topliss-reactive ketones (excluding diaryl/α,β-unsaturated/α-hetero) is 2. The summed E-state index contributed by atoms with van der Waals surface area (Å²) in [6.07, 6.45) is 1.80. The molecule has 0 saturated heterocycles. The molecule has 0 fully saturated rings.